The Morgan fingerprint density at radius 2 is 1.64 bits per heavy atom. The monoisotopic (exact) mass is 212 g/mol. The second kappa shape index (κ2) is 5.23. The molecule has 0 saturated carbocycles. The average Bonchev–Trinajstić information content (AvgIpc) is 2.09. The summed E-state index contributed by atoms with van der Waals surface area (Å²) in [4.78, 5) is 2.60. The molecule has 3 heteroatoms. The first-order valence-electron chi connectivity index (χ1n) is 4.80. The van der Waals surface area contributed by atoms with E-state index in [9.17, 15) is 0 Å². The summed E-state index contributed by atoms with van der Waals surface area (Å²) in [6.07, 6.45) is 0. The Morgan fingerprint density at radius 3 is 2.14 bits per heavy atom. The third-order valence-electron chi connectivity index (χ3n) is 2.20. The summed E-state index contributed by atoms with van der Waals surface area (Å²) in [7, 11) is 0. The molecule has 0 saturated heterocycles. The molecule has 2 N–H and O–H groups in total. The van der Waals surface area contributed by atoms with Gasteiger partial charge in [0.05, 0.1) is 0 Å². The molecule has 0 unspecified atom stereocenters. The van der Waals surface area contributed by atoms with Crippen molar-refractivity contribution < 1.29 is 0 Å². The lowest BCUT2D eigenvalue weighted by molar-refractivity contribution is 0.942. The molecule has 0 bridgehead atoms. The minimum absolute atomic E-state index is 0.758. The molecule has 1 aromatic carbocycles. The molecule has 0 heterocycles. The Kier molecular flexibility index (Phi) is 4.23. The number of hydrogen-bond donors (Lipinski definition) is 2. The second-order valence-electron chi connectivity index (χ2n) is 3.58. The second-order valence-corrected chi connectivity index (χ2v) is 3.85. The van der Waals surface area contributed by atoms with Gasteiger partial charge in [0.2, 0.25) is 0 Å². The van der Waals surface area contributed by atoms with Gasteiger partial charge in [0.15, 0.2) is 0 Å². The number of benzene rings is 1. The van der Waals surface area contributed by atoms with Crippen molar-refractivity contribution in [2.45, 2.75) is 20.8 Å². The standard InChI is InChI=1S/C11H17ClN2/c1-8-6-9(2)11(10(3)7-8)13-4-5-14-12/h6-7,13-14H,4-5H2,1-3H3. The molecule has 1 aromatic rings. The lowest BCUT2D eigenvalue weighted by Gasteiger charge is -2.13. The maximum absolute atomic E-state index is 5.38. The Morgan fingerprint density at radius 1 is 1.07 bits per heavy atom. The third kappa shape index (κ3) is 2.89. The van der Waals surface area contributed by atoms with Crippen LogP contribution in [0, 0.1) is 20.8 Å². The predicted molar refractivity (Wildman–Crippen MR) is 63.0 cm³/mol. The zero-order chi connectivity index (χ0) is 10.6. The lowest BCUT2D eigenvalue weighted by atomic mass is 10.1. The van der Waals surface area contributed by atoms with E-state index in [1.54, 1.807) is 0 Å². The van der Waals surface area contributed by atoms with Gasteiger partial charge in [-0.05, 0) is 43.7 Å². The van der Waals surface area contributed by atoms with Crippen LogP contribution in [0.1, 0.15) is 16.7 Å². The van der Waals surface area contributed by atoms with E-state index < -0.39 is 0 Å². The zero-order valence-electron chi connectivity index (χ0n) is 8.95. The van der Waals surface area contributed by atoms with Gasteiger partial charge in [0, 0.05) is 18.8 Å². The fourth-order valence-corrected chi connectivity index (χ4v) is 1.79. The molecule has 0 atom stereocenters. The normalized spacial score (nSPS) is 10.3. The minimum atomic E-state index is 0.758. The van der Waals surface area contributed by atoms with Crippen molar-refractivity contribution in [3.8, 4) is 0 Å². The molecule has 78 valence electrons. The van der Waals surface area contributed by atoms with Crippen molar-refractivity contribution in [1.29, 1.82) is 0 Å². The number of rotatable bonds is 4. The molecule has 0 spiro atoms. The van der Waals surface area contributed by atoms with E-state index in [2.05, 4.69) is 43.1 Å². The van der Waals surface area contributed by atoms with Crippen LogP contribution < -0.4 is 10.2 Å². The molecule has 0 aromatic heterocycles. The first kappa shape index (κ1) is 11.3. The van der Waals surface area contributed by atoms with Crippen molar-refractivity contribution in [2.75, 3.05) is 18.4 Å². The number of anilines is 1. The van der Waals surface area contributed by atoms with Crippen LogP contribution in [0.3, 0.4) is 0 Å². The van der Waals surface area contributed by atoms with Crippen LogP contribution in [-0.2, 0) is 0 Å². The zero-order valence-corrected chi connectivity index (χ0v) is 9.70. The molecule has 0 radical (unpaired) electrons. The van der Waals surface area contributed by atoms with Crippen molar-refractivity contribution in [1.82, 2.24) is 4.84 Å². The van der Waals surface area contributed by atoms with Gasteiger partial charge < -0.3 is 5.32 Å². The fraction of sp³-hybridized carbons (Fsp3) is 0.455. The predicted octanol–water partition coefficient (Wildman–Crippen LogP) is 2.77. The van der Waals surface area contributed by atoms with Gasteiger partial charge in [0.25, 0.3) is 0 Å². The Balaban J connectivity index is 2.75. The van der Waals surface area contributed by atoms with Crippen LogP contribution >= 0.6 is 11.8 Å². The maximum Gasteiger partial charge on any atom is 0.0400 e. The molecule has 1 rings (SSSR count). The molecular formula is C11H17ClN2. The number of nitrogens with one attached hydrogen (secondary N) is 2. The molecule has 0 amide bonds. The van der Waals surface area contributed by atoms with Gasteiger partial charge in [0.1, 0.15) is 0 Å². The molecule has 0 fully saturated rings. The van der Waals surface area contributed by atoms with Crippen molar-refractivity contribution >= 4 is 17.5 Å². The van der Waals surface area contributed by atoms with Gasteiger partial charge in [-0.1, -0.05) is 17.7 Å². The van der Waals surface area contributed by atoms with Crippen LogP contribution in [-0.4, -0.2) is 13.1 Å². The van der Waals surface area contributed by atoms with Crippen LogP contribution in [0.5, 0.6) is 0 Å². The average molecular weight is 213 g/mol. The van der Waals surface area contributed by atoms with Gasteiger partial charge >= 0.3 is 0 Å². The summed E-state index contributed by atoms with van der Waals surface area (Å²) in [5.74, 6) is 0. The van der Waals surface area contributed by atoms with Crippen LogP contribution in [0.4, 0.5) is 5.69 Å². The summed E-state index contributed by atoms with van der Waals surface area (Å²) in [5, 5.41) is 3.36. The van der Waals surface area contributed by atoms with Crippen molar-refractivity contribution in [3.63, 3.8) is 0 Å². The highest BCUT2D eigenvalue weighted by Crippen LogP contribution is 2.21. The number of halogens is 1. The fourth-order valence-electron chi connectivity index (χ4n) is 1.69. The molecule has 0 aliphatic rings. The summed E-state index contributed by atoms with van der Waals surface area (Å²) in [6, 6.07) is 4.37. The maximum atomic E-state index is 5.38. The van der Waals surface area contributed by atoms with E-state index in [-0.39, 0.29) is 0 Å². The largest absolute Gasteiger partial charge is 0.383 e. The Bertz CT molecular complexity index is 287. The Labute approximate surface area is 90.8 Å². The Hall–Kier alpha value is -0.730. The first-order valence-corrected chi connectivity index (χ1v) is 5.18. The van der Waals surface area contributed by atoms with E-state index in [1.807, 2.05) is 0 Å². The highest BCUT2D eigenvalue weighted by atomic mass is 35.5. The number of aryl methyl sites for hydroxylation is 3. The molecule has 0 aliphatic heterocycles. The highest BCUT2D eigenvalue weighted by Gasteiger charge is 2.01. The smallest absolute Gasteiger partial charge is 0.0400 e. The third-order valence-corrected chi connectivity index (χ3v) is 2.39. The van der Waals surface area contributed by atoms with Crippen LogP contribution in [0.15, 0.2) is 12.1 Å². The van der Waals surface area contributed by atoms with Gasteiger partial charge in [-0.25, -0.2) is 4.84 Å². The van der Waals surface area contributed by atoms with E-state index in [0.717, 1.165) is 13.1 Å². The molecule has 2 nitrogen and oxygen atoms in total. The van der Waals surface area contributed by atoms with Crippen molar-refractivity contribution in [2.24, 2.45) is 0 Å². The van der Waals surface area contributed by atoms with Gasteiger partial charge in [-0.3, -0.25) is 0 Å². The van der Waals surface area contributed by atoms with E-state index in [0.29, 0.717) is 0 Å². The number of hydrogen-bond acceptors (Lipinski definition) is 2. The van der Waals surface area contributed by atoms with Crippen molar-refractivity contribution in [3.05, 3.63) is 28.8 Å². The quantitative estimate of drug-likeness (QED) is 0.593. The van der Waals surface area contributed by atoms with Gasteiger partial charge in [-0.2, -0.15) is 0 Å². The van der Waals surface area contributed by atoms with E-state index >= 15 is 0 Å². The van der Waals surface area contributed by atoms with Crippen LogP contribution in [0.2, 0.25) is 0 Å². The highest BCUT2D eigenvalue weighted by molar-refractivity contribution is 6.13. The SMILES string of the molecule is Cc1cc(C)c(NCCNCl)c(C)c1. The van der Waals surface area contributed by atoms with E-state index in [1.165, 1.54) is 22.4 Å². The first-order chi connectivity index (χ1) is 6.65. The molecule has 0 aliphatic carbocycles. The van der Waals surface area contributed by atoms with Crippen LogP contribution in [0.25, 0.3) is 0 Å². The summed E-state index contributed by atoms with van der Waals surface area (Å²) in [6.45, 7) is 7.96. The van der Waals surface area contributed by atoms with Gasteiger partial charge in [-0.15, -0.1) is 0 Å². The summed E-state index contributed by atoms with van der Waals surface area (Å²) < 4.78 is 0. The summed E-state index contributed by atoms with van der Waals surface area (Å²) >= 11 is 5.38. The lowest BCUT2D eigenvalue weighted by Crippen LogP contribution is -2.15. The topological polar surface area (TPSA) is 24.1 Å². The summed E-state index contributed by atoms with van der Waals surface area (Å²) in [5.41, 5.74) is 5.11. The molecule has 14 heavy (non-hydrogen) atoms. The minimum Gasteiger partial charge on any atom is -0.383 e. The molecular weight excluding hydrogens is 196 g/mol. The van der Waals surface area contributed by atoms with E-state index in [4.69, 9.17) is 11.8 Å².